The van der Waals surface area contributed by atoms with Crippen LogP contribution >= 0.6 is 0 Å². The Morgan fingerprint density at radius 1 is 1.18 bits per heavy atom. The average Bonchev–Trinajstić information content (AvgIpc) is 3.17. The van der Waals surface area contributed by atoms with Crippen LogP contribution in [0.5, 0.6) is 11.5 Å². The van der Waals surface area contributed by atoms with Crippen molar-refractivity contribution in [3.05, 3.63) is 23.8 Å². The number of imide groups is 1. The molecule has 2 heterocycles. The summed E-state index contributed by atoms with van der Waals surface area (Å²) in [5, 5.41) is 1.83. The number of rotatable bonds is 6. The monoisotopic (exact) mass is 391 g/mol. The summed E-state index contributed by atoms with van der Waals surface area (Å²) in [7, 11) is 4.57. The van der Waals surface area contributed by atoms with Crippen LogP contribution in [0, 0.1) is 11.8 Å². The van der Waals surface area contributed by atoms with E-state index in [4.69, 9.17) is 14.2 Å². The molecular formula is C20H27N2O6+. The molecule has 4 atom stereocenters. The lowest BCUT2D eigenvalue weighted by atomic mass is 9.78. The van der Waals surface area contributed by atoms with Gasteiger partial charge in [-0.1, -0.05) is 6.92 Å². The number of ether oxygens (including phenoxy) is 3. The highest BCUT2D eigenvalue weighted by molar-refractivity contribution is 6.08. The maximum atomic E-state index is 13.0. The van der Waals surface area contributed by atoms with Crippen LogP contribution in [0.1, 0.15) is 31.9 Å². The van der Waals surface area contributed by atoms with Crippen LogP contribution < -0.4 is 14.8 Å². The first-order chi connectivity index (χ1) is 13.4. The van der Waals surface area contributed by atoms with E-state index >= 15 is 0 Å². The summed E-state index contributed by atoms with van der Waals surface area (Å²) >= 11 is 0. The second-order valence-electron chi connectivity index (χ2n) is 7.15. The number of likely N-dealkylation sites (tertiary alicyclic amines) is 1. The number of hydrogen-bond acceptors (Lipinski definition) is 6. The van der Waals surface area contributed by atoms with Gasteiger partial charge in [-0.2, -0.15) is 0 Å². The zero-order chi connectivity index (χ0) is 20.6. The Hall–Kier alpha value is -2.61. The lowest BCUT2D eigenvalue weighted by Crippen LogP contribution is -2.98. The molecule has 0 bridgehead atoms. The third kappa shape index (κ3) is 2.74. The third-order valence-electron chi connectivity index (χ3n) is 6.03. The first-order valence-electron chi connectivity index (χ1n) is 9.42. The third-order valence-corrected chi connectivity index (χ3v) is 6.03. The molecule has 2 N–H and O–H groups in total. The second-order valence-corrected chi connectivity index (χ2v) is 7.15. The summed E-state index contributed by atoms with van der Waals surface area (Å²) in [6.45, 7) is 3.78. The molecule has 3 rings (SSSR count). The van der Waals surface area contributed by atoms with Gasteiger partial charge in [0.2, 0.25) is 17.4 Å². The number of esters is 1. The summed E-state index contributed by atoms with van der Waals surface area (Å²) in [4.78, 5) is 40.0. The number of carbonyl (C=O) groups is 3. The smallest absolute Gasteiger partial charge is 0.368 e. The van der Waals surface area contributed by atoms with Crippen molar-refractivity contribution in [1.29, 1.82) is 0 Å². The number of fused-ring (bicyclic) bond motifs is 1. The fourth-order valence-corrected chi connectivity index (χ4v) is 4.59. The predicted molar refractivity (Wildman–Crippen MR) is 98.6 cm³/mol. The van der Waals surface area contributed by atoms with E-state index in [0.717, 1.165) is 10.5 Å². The molecule has 8 nitrogen and oxygen atoms in total. The van der Waals surface area contributed by atoms with E-state index in [1.807, 2.05) is 18.3 Å². The Balaban J connectivity index is 2.15. The molecule has 2 aliphatic heterocycles. The van der Waals surface area contributed by atoms with E-state index < -0.39 is 29.4 Å². The van der Waals surface area contributed by atoms with Gasteiger partial charge < -0.3 is 19.5 Å². The molecular weight excluding hydrogens is 364 g/mol. The van der Waals surface area contributed by atoms with Crippen LogP contribution in [0.4, 0.5) is 0 Å². The molecule has 0 spiro atoms. The molecule has 0 aromatic heterocycles. The molecule has 2 fully saturated rings. The zero-order valence-corrected chi connectivity index (χ0v) is 16.9. The Kier molecular flexibility index (Phi) is 5.34. The Morgan fingerprint density at radius 3 is 2.46 bits per heavy atom. The molecule has 152 valence electrons. The van der Waals surface area contributed by atoms with Crippen molar-refractivity contribution in [1.82, 2.24) is 4.90 Å². The summed E-state index contributed by atoms with van der Waals surface area (Å²) < 4.78 is 16.1. The van der Waals surface area contributed by atoms with Crippen molar-refractivity contribution in [2.24, 2.45) is 11.8 Å². The second kappa shape index (κ2) is 7.43. The number of nitrogens with two attached hydrogens (primary N) is 1. The Bertz CT molecular complexity index is 810. The van der Waals surface area contributed by atoms with Crippen LogP contribution in [0.2, 0.25) is 0 Å². The van der Waals surface area contributed by atoms with Gasteiger partial charge in [-0.25, -0.2) is 4.79 Å². The predicted octanol–water partition coefficient (Wildman–Crippen LogP) is 0.265. The van der Waals surface area contributed by atoms with E-state index in [1.54, 1.807) is 26.2 Å². The van der Waals surface area contributed by atoms with Gasteiger partial charge in [0, 0.05) is 19.5 Å². The minimum absolute atomic E-state index is 0.209. The molecule has 2 amide bonds. The van der Waals surface area contributed by atoms with Crippen molar-refractivity contribution in [3.8, 4) is 11.5 Å². The number of nitrogens with zero attached hydrogens (tertiary/aromatic N) is 1. The first kappa shape index (κ1) is 20.1. The molecule has 1 aromatic carbocycles. The maximum absolute atomic E-state index is 13.0. The summed E-state index contributed by atoms with van der Waals surface area (Å²) in [5.41, 5.74) is -0.400. The number of hydrogen-bond donors (Lipinski definition) is 1. The average molecular weight is 391 g/mol. The van der Waals surface area contributed by atoms with Crippen molar-refractivity contribution >= 4 is 17.8 Å². The van der Waals surface area contributed by atoms with Gasteiger partial charge in [-0.15, -0.1) is 0 Å². The molecule has 2 aliphatic rings. The molecule has 28 heavy (non-hydrogen) atoms. The highest BCUT2D eigenvalue weighted by Crippen LogP contribution is 2.47. The molecule has 2 saturated heterocycles. The summed E-state index contributed by atoms with van der Waals surface area (Å²) in [6, 6.07) is 4.89. The lowest BCUT2D eigenvalue weighted by molar-refractivity contribution is -0.734. The SMILES string of the molecule is CCOC(=O)[C@@]1(CC)[NH2+][C@@H](c2ccc(OC)cc2OC)[C@H]2C(=O)N(C)C(=O)[C@@H]21. The van der Waals surface area contributed by atoms with Crippen LogP contribution in [-0.2, 0) is 19.1 Å². The van der Waals surface area contributed by atoms with Crippen molar-refractivity contribution in [3.63, 3.8) is 0 Å². The minimum atomic E-state index is -1.15. The van der Waals surface area contributed by atoms with Gasteiger partial charge in [0.1, 0.15) is 29.4 Å². The first-order valence-corrected chi connectivity index (χ1v) is 9.42. The topological polar surface area (TPSA) is 98.8 Å². The van der Waals surface area contributed by atoms with Gasteiger partial charge in [-0.05, 0) is 19.1 Å². The molecule has 0 saturated carbocycles. The fraction of sp³-hybridized carbons (Fsp3) is 0.550. The molecule has 8 heteroatoms. The van der Waals surface area contributed by atoms with Gasteiger partial charge in [0.25, 0.3) is 0 Å². The normalized spacial score (nSPS) is 29.0. The molecule has 1 aromatic rings. The van der Waals surface area contributed by atoms with E-state index in [-0.39, 0.29) is 18.4 Å². The van der Waals surface area contributed by atoms with Crippen LogP contribution in [0.15, 0.2) is 18.2 Å². The Morgan fingerprint density at radius 2 is 1.89 bits per heavy atom. The van der Waals surface area contributed by atoms with E-state index in [9.17, 15) is 14.4 Å². The Labute approximate surface area is 164 Å². The maximum Gasteiger partial charge on any atom is 0.368 e. The van der Waals surface area contributed by atoms with Crippen LogP contribution in [0.3, 0.4) is 0 Å². The number of amides is 2. The van der Waals surface area contributed by atoms with Crippen molar-refractivity contribution < 1.29 is 33.9 Å². The van der Waals surface area contributed by atoms with Gasteiger partial charge in [-0.3, -0.25) is 14.5 Å². The van der Waals surface area contributed by atoms with Crippen molar-refractivity contribution in [2.75, 3.05) is 27.9 Å². The van der Waals surface area contributed by atoms with E-state index in [2.05, 4.69) is 0 Å². The summed E-state index contributed by atoms with van der Waals surface area (Å²) in [5.74, 6) is -1.35. The largest absolute Gasteiger partial charge is 0.497 e. The van der Waals surface area contributed by atoms with Crippen LogP contribution in [-0.4, -0.2) is 56.1 Å². The molecule has 0 unspecified atom stereocenters. The fourth-order valence-electron chi connectivity index (χ4n) is 4.59. The standard InChI is InChI=1S/C20H26N2O6/c1-6-20(19(25)28-7-2)15-14(17(23)22(3)18(15)24)16(21-20)12-9-8-11(26-4)10-13(12)27-5/h8-10,14-16,21H,6-7H2,1-5H3/p+1/t14-,15+,16-,20-/m0/s1. The van der Waals surface area contributed by atoms with Gasteiger partial charge >= 0.3 is 5.97 Å². The number of methoxy groups -OCH3 is 2. The quantitative estimate of drug-likeness (QED) is 0.552. The van der Waals surface area contributed by atoms with Crippen LogP contribution in [0.25, 0.3) is 0 Å². The highest BCUT2D eigenvalue weighted by atomic mass is 16.5. The lowest BCUT2D eigenvalue weighted by Gasteiger charge is -2.28. The van der Waals surface area contributed by atoms with E-state index in [0.29, 0.717) is 17.9 Å². The number of carbonyl (C=O) groups excluding carboxylic acids is 3. The van der Waals surface area contributed by atoms with Gasteiger partial charge in [0.05, 0.1) is 26.4 Å². The van der Waals surface area contributed by atoms with E-state index in [1.165, 1.54) is 14.2 Å². The molecule has 0 aliphatic carbocycles. The summed E-state index contributed by atoms with van der Waals surface area (Å²) in [6.07, 6.45) is 0.370. The minimum Gasteiger partial charge on any atom is -0.497 e. The number of quaternary nitrogens is 1. The number of benzene rings is 1. The zero-order valence-electron chi connectivity index (χ0n) is 16.9. The van der Waals surface area contributed by atoms with Gasteiger partial charge in [0.15, 0.2) is 0 Å². The highest BCUT2D eigenvalue weighted by Gasteiger charge is 2.71. The molecule has 0 radical (unpaired) electrons. The van der Waals surface area contributed by atoms with Crippen molar-refractivity contribution in [2.45, 2.75) is 31.8 Å².